The second kappa shape index (κ2) is 7.64. The highest BCUT2D eigenvalue weighted by Gasteiger charge is 2.21. The molecule has 2 N–H and O–H groups in total. The molecular formula is C19H26N2O2. The quantitative estimate of drug-likeness (QED) is 0.861. The van der Waals surface area contributed by atoms with Crippen molar-refractivity contribution in [1.29, 1.82) is 0 Å². The smallest absolute Gasteiger partial charge is 0.220 e. The number of benzene rings is 1. The van der Waals surface area contributed by atoms with E-state index in [0.717, 1.165) is 36.2 Å². The van der Waals surface area contributed by atoms with Gasteiger partial charge in [0, 0.05) is 24.8 Å². The first-order valence-corrected chi connectivity index (χ1v) is 8.67. The summed E-state index contributed by atoms with van der Waals surface area (Å²) in [5.41, 5.74) is 0.911. The minimum atomic E-state index is 0.159. The van der Waals surface area contributed by atoms with Gasteiger partial charge in [-0.15, -0.1) is 0 Å². The summed E-state index contributed by atoms with van der Waals surface area (Å²) in [5.74, 6) is 2.23. The number of fused-ring (bicyclic) bond motifs is 1. The minimum absolute atomic E-state index is 0.159. The van der Waals surface area contributed by atoms with Crippen LogP contribution in [-0.2, 0) is 11.2 Å². The van der Waals surface area contributed by atoms with Gasteiger partial charge >= 0.3 is 0 Å². The zero-order valence-electron chi connectivity index (χ0n) is 13.8. The first kappa shape index (κ1) is 16.1. The molecule has 1 unspecified atom stereocenters. The lowest BCUT2D eigenvalue weighted by molar-refractivity contribution is -0.122. The van der Waals surface area contributed by atoms with Crippen LogP contribution in [0.4, 0.5) is 0 Å². The summed E-state index contributed by atoms with van der Waals surface area (Å²) in [6, 6.07) is 10.0. The van der Waals surface area contributed by atoms with E-state index in [0.29, 0.717) is 24.8 Å². The minimum Gasteiger partial charge on any atom is -0.461 e. The van der Waals surface area contributed by atoms with Crippen molar-refractivity contribution in [3.8, 4) is 0 Å². The summed E-state index contributed by atoms with van der Waals surface area (Å²) in [6.07, 6.45) is 3.74. The second-order valence-corrected chi connectivity index (χ2v) is 6.62. The van der Waals surface area contributed by atoms with Crippen molar-refractivity contribution < 1.29 is 9.21 Å². The maximum Gasteiger partial charge on any atom is 0.220 e. The Balaban J connectivity index is 1.41. The number of hydrogen-bond donors (Lipinski definition) is 2. The molecule has 1 amide bonds. The van der Waals surface area contributed by atoms with E-state index in [1.165, 1.54) is 12.8 Å². The Morgan fingerprint density at radius 1 is 1.35 bits per heavy atom. The largest absolute Gasteiger partial charge is 0.461 e. The van der Waals surface area contributed by atoms with Crippen LogP contribution in [-0.4, -0.2) is 25.5 Å². The number of carbonyl (C=O) groups is 1. The van der Waals surface area contributed by atoms with Gasteiger partial charge in [0.1, 0.15) is 11.3 Å². The third-order valence-corrected chi connectivity index (χ3v) is 4.87. The molecule has 0 bridgehead atoms. The maximum atomic E-state index is 12.1. The van der Waals surface area contributed by atoms with Crippen molar-refractivity contribution in [1.82, 2.24) is 10.6 Å². The van der Waals surface area contributed by atoms with Crippen LogP contribution in [0.25, 0.3) is 11.0 Å². The number of carbonyl (C=O) groups excluding carboxylic acids is 1. The van der Waals surface area contributed by atoms with Crippen LogP contribution in [0.15, 0.2) is 34.7 Å². The fraction of sp³-hybridized carbons (Fsp3) is 0.526. The van der Waals surface area contributed by atoms with E-state index in [-0.39, 0.29) is 5.91 Å². The van der Waals surface area contributed by atoms with Gasteiger partial charge in [-0.3, -0.25) is 4.79 Å². The van der Waals surface area contributed by atoms with Gasteiger partial charge in [-0.1, -0.05) is 25.1 Å². The van der Waals surface area contributed by atoms with Crippen molar-refractivity contribution in [2.24, 2.45) is 11.8 Å². The van der Waals surface area contributed by atoms with Crippen LogP contribution in [0.1, 0.15) is 31.9 Å². The molecule has 1 aromatic heterocycles. The molecule has 1 aliphatic rings. The van der Waals surface area contributed by atoms with Gasteiger partial charge in [0.15, 0.2) is 0 Å². The lowest BCUT2D eigenvalue weighted by Gasteiger charge is -2.27. The fourth-order valence-electron chi connectivity index (χ4n) is 3.43. The van der Waals surface area contributed by atoms with E-state index in [9.17, 15) is 4.79 Å². The molecule has 4 heteroatoms. The van der Waals surface area contributed by atoms with E-state index in [1.54, 1.807) is 0 Å². The number of nitrogens with one attached hydrogen (secondary N) is 2. The molecule has 2 heterocycles. The summed E-state index contributed by atoms with van der Waals surface area (Å²) in [7, 11) is 0. The van der Waals surface area contributed by atoms with Crippen LogP contribution >= 0.6 is 0 Å². The first-order valence-electron chi connectivity index (χ1n) is 8.67. The Bertz CT molecular complexity index is 611. The number of rotatable bonds is 6. The van der Waals surface area contributed by atoms with E-state index in [2.05, 4.69) is 23.6 Å². The van der Waals surface area contributed by atoms with Gasteiger partial charge in [0.05, 0.1) is 0 Å². The standard InChI is InChI=1S/C19H26N2O2/c1-14(15-6-9-20-10-7-15)12-19(22)21-11-8-17-13-16-4-2-3-5-18(16)23-17/h2-5,13-15,20H,6-12H2,1H3,(H,21,22). The fourth-order valence-corrected chi connectivity index (χ4v) is 3.43. The predicted octanol–water partition coefficient (Wildman–Crippen LogP) is 3.12. The molecule has 23 heavy (non-hydrogen) atoms. The molecule has 1 fully saturated rings. The van der Waals surface area contributed by atoms with Gasteiger partial charge in [0.2, 0.25) is 5.91 Å². The predicted molar refractivity (Wildman–Crippen MR) is 92.3 cm³/mol. The van der Waals surface area contributed by atoms with E-state index in [1.807, 2.05) is 24.3 Å². The van der Waals surface area contributed by atoms with Gasteiger partial charge < -0.3 is 15.1 Å². The zero-order chi connectivity index (χ0) is 16.1. The summed E-state index contributed by atoms with van der Waals surface area (Å²) < 4.78 is 5.77. The van der Waals surface area contributed by atoms with E-state index >= 15 is 0 Å². The molecule has 1 aromatic carbocycles. The van der Waals surface area contributed by atoms with Crippen molar-refractivity contribution in [2.45, 2.75) is 32.6 Å². The van der Waals surface area contributed by atoms with Crippen molar-refractivity contribution >= 4 is 16.9 Å². The summed E-state index contributed by atoms with van der Waals surface area (Å²) in [5, 5.41) is 7.53. The molecule has 1 saturated heterocycles. The molecule has 0 aliphatic carbocycles. The molecule has 3 rings (SSSR count). The lowest BCUT2D eigenvalue weighted by Crippen LogP contribution is -2.34. The molecule has 1 aliphatic heterocycles. The Labute approximate surface area is 137 Å². The summed E-state index contributed by atoms with van der Waals surface area (Å²) in [6.45, 7) is 5.01. The molecular weight excluding hydrogens is 288 g/mol. The molecule has 0 spiro atoms. The van der Waals surface area contributed by atoms with Crippen LogP contribution in [0.5, 0.6) is 0 Å². The monoisotopic (exact) mass is 314 g/mol. The molecule has 2 aromatic rings. The van der Waals surface area contributed by atoms with Gasteiger partial charge in [0.25, 0.3) is 0 Å². The Hall–Kier alpha value is -1.81. The maximum absolute atomic E-state index is 12.1. The average molecular weight is 314 g/mol. The summed E-state index contributed by atoms with van der Waals surface area (Å²) in [4.78, 5) is 12.1. The molecule has 0 saturated carbocycles. The van der Waals surface area contributed by atoms with Gasteiger partial charge in [-0.05, 0) is 49.9 Å². The van der Waals surface area contributed by atoms with Crippen molar-refractivity contribution in [3.63, 3.8) is 0 Å². The van der Waals surface area contributed by atoms with Crippen LogP contribution in [0, 0.1) is 11.8 Å². The Morgan fingerprint density at radius 3 is 2.91 bits per heavy atom. The zero-order valence-corrected chi connectivity index (χ0v) is 13.8. The average Bonchev–Trinajstić information content (AvgIpc) is 2.98. The second-order valence-electron chi connectivity index (χ2n) is 6.62. The number of hydrogen-bond acceptors (Lipinski definition) is 3. The molecule has 124 valence electrons. The third-order valence-electron chi connectivity index (χ3n) is 4.87. The van der Waals surface area contributed by atoms with Crippen molar-refractivity contribution in [2.75, 3.05) is 19.6 Å². The van der Waals surface area contributed by atoms with Crippen LogP contribution < -0.4 is 10.6 Å². The number of amides is 1. The van der Waals surface area contributed by atoms with Gasteiger partial charge in [-0.25, -0.2) is 0 Å². The lowest BCUT2D eigenvalue weighted by atomic mass is 9.84. The van der Waals surface area contributed by atoms with Crippen LogP contribution in [0.2, 0.25) is 0 Å². The summed E-state index contributed by atoms with van der Waals surface area (Å²) >= 11 is 0. The number of furan rings is 1. The number of para-hydroxylation sites is 1. The highest BCUT2D eigenvalue weighted by atomic mass is 16.3. The molecule has 0 radical (unpaired) electrons. The van der Waals surface area contributed by atoms with E-state index in [4.69, 9.17) is 4.42 Å². The Kier molecular flexibility index (Phi) is 5.34. The number of piperidine rings is 1. The highest BCUT2D eigenvalue weighted by molar-refractivity contribution is 5.78. The SMILES string of the molecule is CC(CC(=O)NCCc1cc2ccccc2o1)C1CCNCC1. The van der Waals surface area contributed by atoms with Crippen LogP contribution in [0.3, 0.4) is 0 Å². The van der Waals surface area contributed by atoms with Gasteiger partial charge in [-0.2, -0.15) is 0 Å². The molecule has 4 nitrogen and oxygen atoms in total. The first-order chi connectivity index (χ1) is 11.2. The third kappa shape index (κ3) is 4.35. The molecule has 1 atom stereocenters. The normalized spacial score (nSPS) is 17.3. The van der Waals surface area contributed by atoms with E-state index < -0.39 is 0 Å². The topological polar surface area (TPSA) is 54.3 Å². The van der Waals surface area contributed by atoms with Crippen molar-refractivity contribution in [3.05, 3.63) is 36.1 Å². The Morgan fingerprint density at radius 2 is 2.13 bits per heavy atom. The highest BCUT2D eigenvalue weighted by Crippen LogP contribution is 2.24.